The molecule has 0 radical (unpaired) electrons. The van der Waals surface area contributed by atoms with Crippen LogP contribution in [-0.4, -0.2) is 28.6 Å². The van der Waals surface area contributed by atoms with E-state index in [2.05, 4.69) is 23.7 Å². The van der Waals surface area contributed by atoms with Crippen LogP contribution in [-0.2, 0) is 0 Å². The zero-order chi connectivity index (χ0) is 10.2. The Kier molecular flexibility index (Phi) is 2.96. The molecule has 5 heteroatoms. The first-order valence-electron chi connectivity index (χ1n) is 4.57. The molecule has 0 aromatic carbocycles. The molecule has 0 bridgehead atoms. The highest BCUT2D eigenvalue weighted by molar-refractivity contribution is 8.00. The van der Waals surface area contributed by atoms with Crippen molar-refractivity contribution in [3.63, 3.8) is 0 Å². The monoisotopic (exact) mass is 248 g/mol. The second-order valence-electron chi connectivity index (χ2n) is 3.98. The quantitative estimate of drug-likeness (QED) is 0.760. The van der Waals surface area contributed by atoms with Crippen LogP contribution in [0.15, 0.2) is 5.38 Å². The van der Waals surface area contributed by atoms with E-state index in [1.807, 2.05) is 17.1 Å². The van der Waals surface area contributed by atoms with Gasteiger partial charge in [0.2, 0.25) is 0 Å². The number of hydrogen-bond acceptors (Lipinski definition) is 4. The van der Waals surface area contributed by atoms with Gasteiger partial charge in [-0.15, -0.1) is 11.3 Å². The molecule has 1 fully saturated rings. The van der Waals surface area contributed by atoms with Crippen LogP contribution in [0.25, 0.3) is 0 Å². The third-order valence-electron chi connectivity index (χ3n) is 2.16. The molecule has 0 N–H and O–H groups in total. The molecule has 1 saturated heterocycles. The molecular formula is C9H13ClN2S2. The Bertz CT molecular complexity index is 324. The lowest BCUT2D eigenvalue weighted by Crippen LogP contribution is -2.43. The SMILES string of the molecule is CC1(C)CN(c2nc(Cl)cs2)CCS1. The molecule has 1 aliphatic rings. The summed E-state index contributed by atoms with van der Waals surface area (Å²) in [6.07, 6.45) is 0. The third kappa shape index (κ3) is 2.35. The number of rotatable bonds is 1. The van der Waals surface area contributed by atoms with E-state index in [0.29, 0.717) is 9.90 Å². The number of nitrogens with zero attached hydrogens (tertiary/aromatic N) is 2. The summed E-state index contributed by atoms with van der Waals surface area (Å²) in [6, 6.07) is 0. The van der Waals surface area contributed by atoms with Crippen LogP contribution in [0.4, 0.5) is 5.13 Å². The topological polar surface area (TPSA) is 16.1 Å². The van der Waals surface area contributed by atoms with Crippen LogP contribution in [0.2, 0.25) is 5.15 Å². The fraction of sp³-hybridized carbons (Fsp3) is 0.667. The number of halogens is 1. The summed E-state index contributed by atoms with van der Waals surface area (Å²) < 4.78 is 0.330. The van der Waals surface area contributed by atoms with Gasteiger partial charge in [0.05, 0.1) is 0 Å². The van der Waals surface area contributed by atoms with Crippen LogP contribution in [0.1, 0.15) is 13.8 Å². The smallest absolute Gasteiger partial charge is 0.186 e. The van der Waals surface area contributed by atoms with E-state index in [0.717, 1.165) is 18.2 Å². The first-order valence-corrected chi connectivity index (χ1v) is 6.81. The fourth-order valence-electron chi connectivity index (χ4n) is 1.57. The molecule has 0 aliphatic carbocycles. The van der Waals surface area contributed by atoms with Gasteiger partial charge in [0.25, 0.3) is 0 Å². The zero-order valence-electron chi connectivity index (χ0n) is 8.29. The van der Waals surface area contributed by atoms with Crippen LogP contribution in [0.5, 0.6) is 0 Å². The van der Waals surface area contributed by atoms with Gasteiger partial charge in [-0.05, 0) is 13.8 Å². The van der Waals surface area contributed by atoms with Crippen LogP contribution in [0, 0.1) is 0 Å². The fourth-order valence-corrected chi connectivity index (χ4v) is 3.66. The summed E-state index contributed by atoms with van der Waals surface area (Å²) in [7, 11) is 0. The first kappa shape index (κ1) is 10.6. The van der Waals surface area contributed by atoms with Gasteiger partial charge in [0, 0.05) is 29.0 Å². The predicted molar refractivity (Wildman–Crippen MR) is 65.9 cm³/mol. The number of hydrogen-bond donors (Lipinski definition) is 0. The summed E-state index contributed by atoms with van der Waals surface area (Å²) >= 11 is 9.48. The van der Waals surface area contributed by atoms with Crippen molar-refractivity contribution in [3.8, 4) is 0 Å². The van der Waals surface area contributed by atoms with Crippen molar-refractivity contribution in [1.29, 1.82) is 0 Å². The number of thiazole rings is 1. The van der Waals surface area contributed by atoms with Crippen LogP contribution < -0.4 is 4.90 Å². The van der Waals surface area contributed by atoms with E-state index in [1.165, 1.54) is 5.75 Å². The minimum atomic E-state index is 0.330. The third-order valence-corrected chi connectivity index (χ3v) is 4.68. The lowest BCUT2D eigenvalue weighted by molar-refractivity contribution is 0.646. The normalized spacial score (nSPS) is 21.2. The van der Waals surface area contributed by atoms with Gasteiger partial charge in [-0.2, -0.15) is 11.8 Å². The summed E-state index contributed by atoms with van der Waals surface area (Å²) in [5.41, 5.74) is 0. The molecule has 0 atom stereocenters. The maximum absolute atomic E-state index is 5.82. The first-order chi connectivity index (χ1) is 6.57. The Morgan fingerprint density at radius 3 is 2.93 bits per heavy atom. The second-order valence-corrected chi connectivity index (χ2v) is 7.01. The Balaban J connectivity index is 2.12. The average Bonchev–Trinajstić information content (AvgIpc) is 2.50. The highest BCUT2D eigenvalue weighted by Crippen LogP contribution is 2.33. The van der Waals surface area contributed by atoms with Gasteiger partial charge >= 0.3 is 0 Å². The standard InChI is InChI=1S/C9H13ClN2S2/c1-9(2)6-12(3-4-14-9)8-11-7(10)5-13-8/h5H,3-4,6H2,1-2H3. The minimum Gasteiger partial charge on any atom is -0.346 e. The van der Waals surface area contributed by atoms with E-state index in [4.69, 9.17) is 11.6 Å². The van der Waals surface area contributed by atoms with Crippen molar-refractivity contribution < 1.29 is 0 Å². The molecular weight excluding hydrogens is 236 g/mol. The minimum absolute atomic E-state index is 0.330. The van der Waals surface area contributed by atoms with Gasteiger partial charge in [0.1, 0.15) is 5.15 Å². The van der Waals surface area contributed by atoms with Crippen molar-refractivity contribution in [2.45, 2.75) is 18.6 Å². The molecule has 1 aromatic heterocycles. The number of aromatic nitrogens is 1. The molecule has 14 heavy (non-hydrogen) atoms. The van der Waals surface area contributed by atoms with Gasteiger partial charge < -0.3 is 4.90 Å². The number of thioether (sulfide) groups is 1. The van der Waals surface area contributed by atoms with E-state index >= 15 is 0 Å². The Morgan fingerprint density at radius 2 is 2.36 bits per heavy atom. The van der Waals surface area contributed by atoms with Crippen LogP contribution >= 0.6 is 34.7 Å². The van der Waals surface area contributed by atoms with Crippen molar-refractivity contribution in [2.75, 3.05) is 23.7 Å². The molecule has 78 valence electrons. The second kappa shape index (κ2) is 3.91. The van der Waals surface area contributed by atoms with Gasteiger partial charge in [-0.25, -0.2) is 4.98 Å². The van der Waals surface area contributed by atoms with Gasteiger partial charge in [-0.3, -0.25) is 0 Å². The Morgan fingerprint density at radius 1 is 1.57 bits per heavy atom. The molecule has 0 spiro atoms. The van der Waals surface area contributed by atoms with Crippen LogP contribution in [0.3, 0.4) is 0 Å². The van der Waals surface area contributed by atoms with Gasteiger partial charge in [-0.1, -0.05) is 11.6 Å². The Labute approximate surface area is 97.7 Å². The molecule has 2 rings (SSSR count). The van der Waals surface area contributed by atoms with E-state index in [-0.39, 0.29) is 0 Å². The molecule has 2 nitrogen and oxygen atoms in total. The lowest BCUT2D eigenvalue weighted by Gasteiger charge is -2.37. The van der Waals surface area contributed by atoms with E-state index < -0.39 is 0 Å². The van der Waals surface area contributed by atoms with Crippen molar-refractivity contribution >= 4 is 39.8 Å². The van der Waals surface area contributed by atoms with Crippen molar-refractivity contribution in [2.24, 2.45) is 0 Å². The molecule has 0 saturated carbocycles. The molecule has 2 heterocycles. The average molecular weight is 249 g/mol. The lowest BCUT2D eigenvalue weighted by atomic mass is 10.2. The molecule has 1 aromatic rings. The summed E-state index contributed by atoms with van der Waals surface area (Å²) in [4.78, 5) is 6.63. The van der Waals surface area contributed by atoms with Crippen molar-refractivity contribution in [3.05, 3.63) is 10.5 Å². The summed E-state index contributed by atoms with van der Waals surface area (Å²) in [5.74, 6) is 1.17. The molecule has 1 aliphatic heterocycles. The highest BCUT2D eigenvalue weighted by Gasteiger charge is 2.28. The zero-order valence-corrected chi connectivity index (χ0v) is 10.7. The van der Waals surface area contributed by atoms with Gasteiger partial charge in [0.15, 0.2) is 5.13 Å². The largest absolute Gasteiger partial charge is 0.346 e. The number of anilines is 1. The maximum Gasteiger partial charge on any atom is 0.186 e. The van der Waals surface area contributed by atoms with Crippen molar-refractivity contribution in [1.82, 2.24) is 4.98 Å². The predicted octanol–water partition coefficient (Wildman–Crippen LogP) is 3.13. The molecule has 0 amide bonds. The maximum atomic E-state index is 5.82. The van der Waals surface area contributed by atoms with E-state index in [9.17, 15) is 0 Å². The summed E-state index contributed by atoms with van der Waals surface area (Å²) in [5, 5.41) is 3.57. The van der Waals surface area contributed by atoms with E-state index in [1.54, 1.807) is 11.3 Å². The highest BCUT2D eigenvalue weighted by atomic mass is 35.5. The summed E-state index contributed by atoms with van der Waals surface area (Å²) in [6.45, 7) is 6.69. The Hall–Kier alpha value is 0.0700. The molecule has 0 unspecified atom stereocenters.